The predicted molar refractivity (Wildman–Crippen MR) is 122 cm³/mol. The van der Waals surface area contributed by atoms with Crippen LogP contribution < -0.4 is 11.1 Å². The highest BCUT2D eigenvalue weighted by atomic mass is 19.4. The molecule has 3 aromatic heterocycles. The largest absolute Gasteiger partial charge is 0.418 e. The molecular weight excluding hydrogens is 445 g/mol. The Labute approximate surface area is 193 Å². The lowest BCUT2D eigenvalue weighted by atomic mass is 9.98. The third-order valence-electron chi connectivity index (χ3n) is 5.75. The van der Waals surface area contributed by atoms with Gasteiger partial charge in [-0.05, 0) is 37.0 Å². The lowest BCUT2D eigenvalue weighted by Gasteiger charge is -2.13. The summed E-state index contributed by atoms with van der Waals surface area (Å²) in [6, 6.07) is 12.4. The third-order valence-corrected chi connectivity index (χ3v) is 5.75. The quantitative estimate of drug-likeness (QED) is 0.430. The first kappa shape index (κ1) is 23.2. The summed E-state index contributed by atoms with van der Waals surface area (Å²) in [5.74, 6) is -0.387. The Morgan fingerprint density at radius 1 is 1.18 bits per heavy atom. The molecule has 1 unspecified atom stereocenters. The summed E-state index contributed by atoms with van der Waals surface area (Å²) < 4.78 is 41.9. The number of nitrogen functional groups attached to an aromatic ring is 1. The van der Waals surface area contributed by atoms with E-state index in [0.717, 1.165) is 23.3 Å². The van der Waals surface area contributed by atoms with Crippen molar-refractivity contribution in [1.29, 1.82) is 0 Å². The van der Waals surface area contributed by atoms with Crippen LogP contribution in [-0.2, 0) is 6.18 Å². The number of fused-ring (bicyclic) bond motifs is 1. The van der Waals surface area contributed by atoms with Gasteiger partial charge in [0.1, 0.15) is 11.8 Å². The van der Waals surface area contributed by atoms with Crippen LogP contribution in [0.4, 0.5) is 19.0 Å². The van der Waals surface area contributed by atoms with E-state index in [1.165, 1.54) is 17.8 Å². The Hall–Kier alpha value is -3.95. The van der Waals surface area contributed by atoms with Gasteiger partial charge < -0.3 is 11.1 Å². The lowest BCUT2D eigenvalue weighted by Crippen LogP contribution is -2.26. The number of aryl methyl sites for hydroxylation is 1. The summed E-state index contributed by atoms with van der Waals surface area (Å²) in [7, 11) is 0. The Bertz CT molecular complexity index is 1330. The van der Waals surface area contributed by atoms with Gasteiger partial charge >= 0.3 is 6.18 Å². The second-order valence-corrected chi connectivity index (χ2v) is 8.06. The average Bonchev–Trinajstić information content (AvgIpc) is 3.21. The number of amides is 1. The number of carbonyl (C=O) groups is 1. The van der Waals surface area contributed by atoms with Gasteiger partial charge in [-0.15, -0.1) is 0 Å². The Balaban J connectivity index is 1.60. The van der Waals surface area contributed by atoms with Crippen LogP contribution in [0.3, 0.4) is 0 Å². The van der Waals surface area contributed by atoms with Crippen LogP contribution in [0.2, 0.25) is 0 Å². The topological polar surface area (TPSA) is 98.2 Å². The zero-order valence-electron chi connectivity index (χ0n) is 18.6. The molecule has 3 N–H and O–H groups in total. The van der Waals surface area contributed by atoms with E-state index < -0.39 is 11.7 Å². The van der Waals surface area contributed by atoms with E-state index in [9.17, 15) is 18.0 Å². The molecule has 0 saturated heterocycles. The van der Waals surface area contributed by atoms with Crippen LogP contribution in [0.5, 0.6) is 0 Å². The molecule has 0 aliphatic rings. The highest BCUT2D eigenvalue weighted by Crippen LogP contribution is 2.38. The predicted octanol–water partition coefficient (Wildman–Crippen LogP) is 4.62. The maximum atomic E-state index is 13.6. The normalized spacial score (nSPS) is 12.6. The van der Waals surface area contributed by atoms with Gasteiger partial charge in [-0.2, -0.15) is 18.3 Å². The molecule has 0 saturated carbocycles. The number of pyridine rings is 1. The summed E-state index contributed by atoms with van der Waals surface area (Å²) in [5.41, 5.74) is 6.74. The number of benzene rings is 1. The number of carbonyl (C=O) groups excluding carboxylic acids is 1. The zero-order chi connectivity index (χ0) is 24.5. The van der Waals surface area contributed by atoms with Crippen LogP contribution in [0.15, 0.2) is 55.0 Å². The minimum absolute atomic E-state index is 0.107. The summed E-state index contributed by atoms with van der Waals surface area (Å²) >= 11 is 0. The molecule has 0 radical (unpaired) electrons. The number of aromatic nitrogens is 4. The number of anilines is 1. The van der Waals surface area contributed by atoms with Gasteiger partial charge in [0.25, 0.3) is 5.91 Å². The molecule has 0 bridgehead atoms. The van der Waals surface area contributed by atoms with Crippen LogP contribution in [0.1, 0.15) is 46.4 Å². The molecule has 1 atom stereocenters. The van der Waals surface area contributed by atoms with Crippen LogP contribution in [0, 0.1) is 6.92 Å². The van der Waals surface area contributed by atoms with Gasteiger partial charge in [0.15, 0.2) is 5.82 Å². The van der Waals surface area contributed by atoms with Crippen LogP contribution >= 0.6 is 0 Å². The number of nitrogens with one attached hydrogen (secondary N) is 1. The molecule has 1 amide bonds. The molecule has 3 heterocycles. The molecule has 34 heavy (non-hydrogen) atoms. The Morgan fingerprint density at radius 3 is 2.62 bits per heavy atom. The molecule has 1 aromatic carbocycles. The second kappa shape index (κ2) is 9.12. The van der Waals surface area contributed by atoms with Gasteiger partial charge in [-0.1, -0.05) is 37.3 Å². The van der Waals surface area contributed by atoms with Crippen molar-refractivity contribution >= 4 is 17.2 Å². The molecule has 0 aliphatic heterocycles. The van der Waals surface area contributed by atoms with Gasteiger partial charge in [0.05, 0.1) is 22.5 Å². The van der Waals surface area contributed by atoms with Crippen molar-refractivity contribution < 1.29 is 18.0 Å². The van der Waals surface area contributed by atoms with Crippen molar-refractivity contribution in [2.75, 3.05) is 12.3 Å². The standard InChI is InChI=1S/C24H23F3N6O/c1-14(16-6-4-3-5-7-16)8-9-29-23(34)18-10-17(12-30-15(18)2)20-11-19(24(25,26)27)21-22(28)31-13-32-33(20)21/h3-7,10-14H,8-9H2,1-2H3,(H,29,34)(H2,28,31,32). The van der Waals surface area contributed by atoms with E-state index in [1.54, 1.807) is 6.92 Å². The first-order chi connectivity index (χ1) is 16.2. The minimum Gasteiger partial charge on any atom is -0.382 e. The molecule has 0 fully saturated rings. The molecular formula is C24H23F3N6O. The van der Waals surface area contributed by atoms with E-state index in [-0.39, 0.29) is 34.4 Å². The molecule has 7 nitrogen and oxygen atoms in total. The van der Waals surface area contributed by atoms with E-state index in [4.69, 9.17) is 5.73 Å². The van der Waals surface area contributed by atoms with Crippen molar-refractivity contribution in [3.8, 4) is 11.3 Å². The molecule has 4 aromatic rings. The van der Waals surface area contributed by atoms with Gasteiger partial charge in [-0.3, -0.25) is 9.78 Å². The van der Waals surface area contributed by atoms with E-state index >= 15 is 0 Å². The first-order valence-electron chi connectivity index (χ1n) is 10.7. The van der Waals surface area contributed by atoms with Crippen LogP contribution in [0.25, 0.3) is 16.8 Å². The monoisotopic (exact) mass is 468 g/mol. The van der Waals surface area contributed by atoms with E-state index in [1.807, 2.05) is 30.3 Å². The highest BCUT2D eigenvalue weighted by Gasteiger charge is 2.36. The van der Waals surface area contributed by atoms with Gasteiger partial charge in [0, 0.05) is 18.3 Å². The third kappa shape index (κ3) is 4.57. The molecule has 4 rings (SSSR count). The second-order valence-electron chi connectivity index (χ2n) is 8.06. The molecule has 176 valence electrons. The average molecular weight is 468 g/mol. The smallest absolute Gasteiger partial charge is 0.382 e. The van der Waals surface area contributed by atoms with Gasteiger partial charge in [-0.25, -0.2) is 9.50 Å². The fourth-order valence-corrected chi connectivity index (χ4v) is 3.84. The Kier molecular flexibility index (Phi) is 6.23. The summed E-state index contributed by atoms with van der Waals surface area (Å²) in [6.45, 7) is 4.19. The van der Waals surface area contributed by atoms with Crippen molar-refractivity contribution in [2.24, 2.45) is 0 Å². The van der Waals surface area contributed by atoms with Crippen molar-refractivity contribution in [3.63, 3.8) is 0 Å². The molecule has 0 spiro atoms. The number of rotatable bonds is 6. The maximum Gasteiger partial charge on any atom is 0.418 e. The summed E-state index contributed by atoms with van der Waals surface area (Å²) in [6.07, 6.45) is -1.44. The van der Waals surface area contributed by atoms with Crippen molar-refractivity contribution in [2.45, 2.75) is 32.4 Å². The Morgan fingerprint density at radius 2 is 1.91 bits per heavy atom. The van der Waals surface area contributed by atoms with Crippen LogP contribution in [-0.4, -0.2) is 32.0 Å². The number of hydrogen-bond donors (Lipinski definition) is 2. The minimum atomic E-state index is -4.66. The van der Waals surface area contributed by atoms with Crippen molar-refractivity contribution in [1.82, 2.24) is 24.9 Å². The number of halogens is 3. The first-order valence-corrected chi connectivity index (χ1v) is 10.7. The fraction of sp³-hybridized carbons (Fsp3) is 0.250. The number of nitrogens with zero attached hydrogens (tertiary/aromatic N) is 4. The SMILES string of the molecule is Cc1ncc(-c2cc(C(F)(F)F)c3c(N)ncnn23)cc1C(=O)NCCC(C)c1ccccc1. The highest BCUT2D eigenvalue weighted by molar-refractivity contribution is 5.96. The molecule has 10 heteroatoms. The van der Waals surface area contributed by atoms with Crippen molar-refractivity contribution in [3.05, 3.63) is 77.4 Å². The fourth-order valence-electron chi connectivity index (χ4n) is 3.84. The van der Waals surface area contributed by atoms with Gasteiger partial charge in [0.2, 0.25) is 0 Å². The zero-order valence-corrected chi connectivity index (χ0v) is 18.6. The summed E-state index contributed by atoms with van der Waals surface area (Å²) in [4.78, 5) is 20.8. The lowest BCUT2D eigenvalue weighted by molar-refractivity contribution is -0.136. The molecule has 0 aliphatic carbocycles. The number of hydrogen-bond acceptors (Lipinski definition) is 5. The number of alkyl halides is 3. The number of nitrogens with two attached hydrogens (primary N) is 1. The van der Waals surface area contributed by atoms with E-state index in [0.29, 0.717) is 17.8 Å². The van der Waals surface area contributed by atoms with E-state index in [2.05, 4.69) is 27.3 Å². The summed E-state index contributed by atoms with van der Waals surface area (Å²) in [5, 5.41) is 6.83. The maximum absolute atomic E-state index is 13.6.